The zero-order valence-electron chi connectivity index (χ0n) is 10.7. The molecule has 2 aromatic rings. The molecule has 0 aliphatic carbocycles. The van der Waals surface area contributed by atoms with Crippen LogP contribution in [-0.2, 0) is 12.8 Å². The maximum Gasteiger partial charge on any atom is 0.203 e. The summed E-state index contributed by atoms with van der Waals surface area (Å²) in [6, 6.07) is 1.50. The number of halogens is 6. The van der Waals surface area contributed by atoms with Crippen molar-refractivity contribution in [2.75, 3.05) is 0 Å². The van der Waals surface area contributed by atoms with Gasteiger partial charge in [0, 0.05) is 11.1 Å². The summed E-state index contributed by atoms with van der Waals surface area (Å²) in [5.74, 6) is -13.0. The maximum absolute atomic E-state index is 13.5. The van der Waals surface area contributed by atoms with Gasteiger partial charge in [0.05, 0.1) is 0 Å². The molecule has 22 heavy (non-hydrogen) atoms. The first kappa shape index (κ1) is 16.0. The third-order valence-electron chi connectivity index (χ3n) is 3.13. The van der Waals surface area contributed by atoms with Gasteiger partial charge in [0.1, 0.15) is 5.75 Å². The molecule has 118 valence electrons. The van der Waals surface area contributed by atoms with E-state index in [2.05, 4.69) is 0 Å². The van der Waals surface area contributed by atoms with Crippen molar-refractivity contribution in [1.29, 1.82) is 0 Å². The summed E-state index contributed by atoms with van der Waals surface area (Å²) >= 11 is 0. The van der Waals surface area contributed by atoms with Crippen LogP contribution in [0.25, 0.3) is 0 Å². The molecule has 0 saturated heterocycles. The highest BCUT2D eigenvalue weighted by atomic mass is 19.2. The lowest BCUT2D eigenvalue weighted by Crippen LogP contribution is -2.05. The molecular weight excluding hydrogens is 314 g/mol. The highest BCUT2D eigenvalue weighted by Gasteiger charge is 2.25. The first-order valence-electron chi connectivity index (χ1n) is 5.95. The standard InChI is InChI=1S/C14H8F6O2/c15-7-3-4-8(21)5(9(7)16)1-2-6-10(17)11(18)12(19)13(20)14(6)22/h3-4,21-22H,1-2H2. The number of phenols is 2. The van der Waals surface area contributed by atoms with Gasteiger partial charge in [0.2, 0.25) is 11.6 Å². The minimum absolute atomic E-state index is 0.566. The number of phenolic OH excluding ortho intramolecular Hbond substituents is 2. The van der Waals surface area contributed by atoms with Crippen molar-refractivity contribution in [2.45, 2.75) is 12.8 Å². The average Bonchev–Trinajstić information content (AvgIpc) is 2.50. The van der Waals surface area contributed by atoms with E-state index < -0.39 is 70.4 Å². The van der Waals surface area contributed by atoms with Crippen LogP contribution < -0.4 is 0 Å². The van der Waals surface area contributed by atoms with Crippen LogP contribution in [0.4, 0.5) is 26.3 Å². The molecule has 0 unspecified atom stereocenters. The summed E-state index contributed by atoms with van der Waals surface area (Å²) in [5.41, 5.74) is -1.51. The van der Waals surface area contributed by atoms with Crippen molar-refractivity contribution in [3.8, 4) is 11.5 Å². The van der Waals surface area contributed by atoms with Gasteiger partial charge in [-0.1, -0.05) is 0 Å². The molecule has 0 heterocycles. The van der Waals surface area contributed by atoms with E-state index in [1.807, 2.05) is 0 Å². The summed E-state index contributed by atoms with van der Waals surface area (Å²) in [5, 5.41) is 18.7. The molecule has 0 saturated carbocycles. The summed E-state index contributed by atoms with van der Waals surface area (Å²) < 4.78 is 79.2. The molecule has 0 aromatic heterocycles. The van der Waals surface area contributed by atoms with Crippen molar-refractivity contribution in [3.63, 3.8) is 0 Å². The lowest BCUT2D eigenvalue weighted by molar-refractivity contribution is 0.356. The van der Waals surface area contributed by atoms with E-state index in [1.54, 1.807) is 0 Å². The molecule has 0 radical (unpaired) electrons. The van der Waals surface area contributed by atoms with Gasteiger partial charge >= 0.3 is 0 Å². The smallest absolute Gasteiger partial charge is 0.203 e. The van der Waals surface area contributed by atoms with E-state index in [4.69, 9.17) is 0 Å². The van der Waals surface area contributed by atoms with Crippen LogP contribution in [0, 0.1) is 34.9 Å². The van der Waals surface area contributed by atoms with Crippen LogP contribution in [0.15, 0.2) is 12.1 Å². The minimum atomic E-state index is -2.18. The number of benzene rings is 2. The Hall–Kier alpha value is -2.38. The molecule has 0 fully saturated rings. The largest absolute Gasteiger partial charge is 0.508 e. The van der Waals surface area contributed by atoms with Crippen molar-refractivity contribution >= 4 is 0 Å². The molecule has 2 aromatic carbocycles. The van der Waals surface area contributed by atoms with Gasteiger partial charge < -0.3 is 10.2 Å². The lowest BCUT2D eigenvalue weighted by Gasteiger charge is -2.10. The Kier molecular flexibility index (Phi) is 4.20. The Morgan fingerprint density at radius 3 is 1.82 bits per heavy atom. The first-order chi connectivity index (χ1) is 10.3. The van der Waals surface area contributed by atoms with Crippen LogP contribution in [-0.4, -0.2) is 10.2 Å². The third kappa shape index (κ3) is 2.56. The van der Waals surface area contributed by atoms with Gasteiger partial charge in [-0.25, -0.2) is 22.0 Å². The summed E-state index contributed by atoms with van der Waals surface area (Å²) in [6.07, 6.45) is -1.27. The molecule has 0 aliphatic heterocycles. The quantitative estimate of drug-likeness (QED) is 0.514. The average molecular weight is 322 g/mol. The predicted molar refractivity (Wildman–Crippen MR) is 63.4 cm³/mol. The zero-order valence-corrected chi connectivity index (χ0v) is 10.7. The van der Waals surface area contributed by atoms with E-state index in [-0.39, 0.29) is 0 Å². The van der Waals surface area contributed by atoms with Crippen molar-refractivity contribution in [2.24, 2.45) is 0 Å². The summed E-state index contributed by atoms with van der Waals surface area (Å²) in [4.78, 5) is 0. The molecule has 0 aliphatic rings. The number of aromatic hydroxyl groups is 2. The van der Waals surface area contributed by atoms with Gasteiger partial charge in [-0.3, -0.25) is 0 Å². The Morgan fingerprint density at radius 1 is 0.636 bits per heavy atom. The Bertz CT molecular complexity index is 716. The highest BCUT2D eigenvalue weighted by Crippen LogP contribution is 2.32. The Morgan fingerprint density at radius 2 is 1.18 bits per heavy atom. The second kappa shape index (κ2) is 5.78. The topological polar surface area (TPSA) is 40.5 Å². The maximum atomic E-state index is 13.5. The molecule has 2 rings (SSSR count). The monoisotopic (exact) mass is 322 g/mol. The predicted octanol–water partition coefficient (Wildman–Crippen LogP) is 3.72. The van der Waals surface area contributed by atoms with Crippen LogP contribution in [0.2, 0.25) is 0 Å². The van der Waals surface area contributed by atoms with Crippen molar-refractivity contribution in [3.05, 3.63) is 58.2 Å². The fraction of sp³-hybridized carbons (Fsp3) is 0.143. The van der Waals surface area contributed by atoms with Crippen LogP contribution in [0.5, 0.6) is 11.5 Å². The fourth-order valence-electron chi connectivity index (χ4n) is 1.96. The van der Waals surface area contributed by atoms with E-state index in [9.17, 15) is 36.6 Å². The Labute approximate surface area is 120 Å². The van der Waals surface area contributed by atoms with Crippen LogP contribution in [0.1, 0.15) is 11.1 Å². The van der Waals surface area contributed by atoms with Gasteiger partial charge in [0.15, 0.2) is 29.0 Å². The van der Waals surface area contributed by atoms with E-state index >= 15 is 0 Å². The van der Waals surface area contributed by atoms with Gasteiger partial charge in [-0.05, 0) is 25.0 Å². The molecular formula is C14H8F6O2. The molecule has 0 bridgehead atoms. The number of hydrogen-bond donors (Lipinski definition) is 2. The molecule has 8 heteroatoms. The highest BCUT2D eigenvalue weighted by molar-refractivity contribution is 5.39. The normalized spacial score (nSPS) is 11.0. The van der Waals surface area contributed by atoms with E-state index in [0.717, 1.165) is 6.07 Å². The second-order valence-corrected chi connectivity index (χ2v) is 4.44. The summed E-state index contributed by atoms with van der Waals surface area (Å²) in [7, 11) is 0. The third-order valence-corrected chi connectivity index (χ3v) is 3.13. The van der Waals surface area contributed by atoms with Crippen molar-refractivity contribution < 1.29 is 36.6 Å². The van der Waals surface area contributed by atoms with Gasteiger partial charge in [-0.15, -0.1) is 0 Å². The fourth-order valence-corrected chi connectivity index (χ4v) is 1.96. The zero-order chi connectivity index (χ0) is 16.6. The Balaban J connectivity index is 2.40. The SMILES string of the molecule is Oc1ccc(F)c(F)c1CCc1c(O)c(F)c(F)c(F)c1F. The van der Waals surface area contributed by atoms with E-state index in [0.29, 0.717) is 6.07 Å². The molecule has 0 atom stereocenters. The summed E-state index contributed by atoms with van der Waals surface area (Å²) in [6.45, 7) is 0. The molecule has 0 spiro atoms. The van der Waals surface area contributed by atoms with Crippen LogP contribution in [0.3, 0.4) is 0 Å². The first-order valence-corrected chi connectivity index (χ1v) is 5.95. The number of hydrogen-bond acceptors (Lipinski definition) is 2. The lowest BCUT2D eigenvalue weighted by atomic mass is 10.0. The van der Waals surface area contributed by atoms with Crippen LogP contribution >= 0.6 is 0 Å². The van der Waals surface area contributed by atoms with Gasteiger partial charge in [-0.2, -0.15) is 4.39 Å². The molecule has 0 amide bonds. The minimum Gasteiger partial charge on any atom is -0.508 e. The second-order valence-electron chi connectivity index (χ2n) is 4.44. The number of rotatable bonds is 3. The van der Waals surface area contributed by atoms with Crippen molar-refractivity contribution in [1.82, 2.24) is 0 Å². The van der Waals surface area contributed by atoms with Gasteiger partial charge in [0.25, 0.3) is 0 Å². The molecule has 2 nitrogen and oxygen atoms in total. The molecule has 2 N–H and O–H groups in total. The van der Waals surface area contributed by atoms with E-state index in [1.165, 1.54) is 0 Å².